The summed E-state index contributed by atoms with van der Waals surface area (Å²) in [6, 6.07) is 15.5. The number of hydrogen-bond acceptors (Lipinski definition) is 2. The number of halogens is 1. The van der Waals surface area contributed by atoms with Crippen molar-refractivity contribution < 1.29 is 9.90 Å². The number of carboxylic acids is 1. The zero-order chi connectivity index (χ0) is 19.4. The molecule has 2 aromatic carbocycles. The summed E-state index contributed by atoms with van der Waals surface area (Å²) in [5.74, 6) is -0.483. The van der Waals surface area contributed by atoms with Crippen LogP contribution in [-0.2, 0) is 17.9 Å². The van der Waals surface area contributed by atoms with E-state index in [2.05, 4.69) is 28.2 Å². The lowest BCUT2D eigenvalue weighted by molar-refractivity contribution is -0.140. The van der Waals surface area contributed by atoms with Crippen LogP contribution in [0.3, 0.4) is 0 Å². The molecule has 1 unspecified atom stereocenters. The van der Waals surface area contributed by atoms with Gasteiger partial charge in [0.1, 0.15) is 6.04 Å². The van der Waals surface area contributed by atoms with E-state index >= 15 is 0 Å². The average Bonchev–Trinajstić information content (AvgIpc) is 2.98. The van der Waals surface area contributed by atoms with Crippen LogP contribution in [0.1, 0.15) is 31.4 Å². The van der Waals surface area contributed by atoms with Crippen LogP contribution in [0.2, 0.25) is 5.02 Å². The van der Waals surface area contributed by atoms with Crippen LogP contribution in [0.25, 0.3) is 10.9 Å². The predicted octanol–water partition coefficient (Wildman–Crippen LogP) is 4.93. The molecular formula is C22H25ClN2O2. The number of nitrogens with zero attached hydrogens (tertiary/aromatic N) is 1. The Labute approximate surface area is 164 Å². The number of benzene rings is 2. The molecule has 142 valence electrons. The Kier molecular flexibility index (Phi) is 6.19. The summed E-state index contributed by atoms with van der Waals surface area (Å²) in [5, 5.41) is 14.5. The van der Waals surface area contributed by atoms with E-state index in [0.717, 1.165) is 27.1 Å². The van der Waals surface area contributed by atoms with Gasteiger partial charge in [-0.25, -0.2) is 0 Å². The highest BCUT2D eigenvalue weighted by atomic mass is 35.5. The van der Waals surface area contributed by atoms with Gasteiger partial charge in [0.15, 0.2) is 0 Å². The van der Waals surface area contributed by atoms with Gasteiger partial charge in [-0.3, -0.25) is 4.79 Å². The van der Waals surface area contributed by atoms with Crippen molar-refractivity contribution in [3.63, 3.8) is 0 Å². The predicted molar refractivity (Wildman–Crippen MR) is 110 cm³/mol. The van der Waals surface area contributed by atoms with Crippen molar-refractivity contribution in [2.24, 2.45) is 5.92 Å². The molecule has 0 aliphatic heterocycles. The molecule has 0 aliphatic rings. The minimum atomic E-state index is -0.802. The fraction of sp³-hybridized carbons (Fsp3) is 0.318. The van der Waals surface area contributed by atoms with E-state index < -0.39 is 12.0 Å². The Balaban J connectivity index is 1.86. The molecule has 0 bridgehead atoms. The quantitative estimate of drug-likeness (QED) is 0.578. The van der Waals surface area contributed by atoms with Crippen LogP contribution in [0.5, 0.6) is 0 Å². The smallest absolute Gasteiger partial charge is 0.320 e. The third-order valence-corrected chi connectivity index (χ3v) is 5.08. The van der Waals surface area contributed by atoms with E-state index in [4.69, 9.17) is 11.6 Å². The van der Waals surface area contributed by atoms with Gasteiger partial charge in [0.2, 0.25) is 0 Å². The van der Waals surface area contributed by atoms with Crippen molar-refractivity contribution in [3.8, 4) is 0 Å². The number of aliphatic carboxylic acids is 1. The lowest BCUT2D eigenvalue weighted by Gasteiger charge is -2.16. The van der Waals surface area contributed by atoms with Gasteiger partial charge in [-0.2, -0.15) is 0 Å². The van der Waals surface area contributed by atoms with Gasteiger partial charge in [0, 0.05) is 35.2 Å². The highest BCUT2D eigenvalue weighted by Gasteiger charge is 2.19. The maximum atomic E-state index is 11.5. The lowest BCUT2D eigenvalue weighted by Crippen LogP contribution is -2.37. The molecule has 3 rings (SSSR count). The van der Waals surface area contributed by atoms with Crippen LogP contribution in [-0.4, -0.2) is 21.7 Å². The fourth-order valence-corrected chi connectivity index (χ4v) is 3.58. The zero-order valence-corrected chi connectivity index (χ0v) is 16.4. The first-order valence-corrected chi connectivity index (χ1v) is 9.60. The first kappa shape index (κ1) is 19.5. The van der Waals surface area contributed by atoms with Crippen LogP contribution in [0, 0.1) is 5.92 Å². The molecule has 5 heteroatoms. The summed E-state index contributed by atoms with van der Waals surface area (Å²) in [6.07, 6.45) is 2.70. The van der Waals surface area contributed by atoms with E-state index in [9.17, 15) is 9.90 Å². The zero-order valence-electron chi connectivity index (χ0n) is 15.7. The van der Waals surface area contributed by atoms with Gasteiger partial charge in [0.25, 0.3) is 0 Å². The molecule has 3 aromatic rings. The molecule has 27 heavy (non-hydrogen) atoms. The molecule has 0 radical (unpaired) electrons. The summed E-state index contributed by atoms with van der Waals surface area (Å²) < 4.78 is 2.17. The maximum absolute atomic E-state index is 11.5. The summed E-state index contributed by atoms with van der Waals surface area (Å²) in [7, 11) is 0. The number of aromatic nitrogens is 1. The van der Waals surface area contributed by atoms with Gasteiger partial charge in [-0.1, -0.05) is 61.8 Å². The minimum Gasteiger partial charge on any atom is -0.480 e. The first-order valence-electron chi connectivity index (χ1n) is 9.22. The molecule has 1 heterocycles. The molecule has 0 fully saturated rings. The van der Waals surface area contributed by atoms with E-state index in [1.165, 1.54) is 0 Å². The number of fused-ring (bicyclic) bond motifs is 1. The normalized spacial score (nSPS) is 12.6. The lowest BCUT2D eigenvalue weighted by atomic mass is 10.0. The largest absolute Gasteiger partial charge is 0.480 e. The molecule has 0 aliphatic carbocycles. The highest BCUT2D eigenvalue weighted by Crippen LogP contribution is 2.24. The van der Waals surface area contributed by atoms with Crippen molar-refractivity contribution >= 4 is 28.5 Å². The SMILES string of the molecule is CC(C)CC(NCc1cn(Cc2ccccc2Cl)c2ccccc12)C(=O)O. The second-order valence-electron chi connectivity index (χ2n) is 7.29. The molecule has 0 saturated carbocycles. The van der Waals surface area contributed by atoms with Gasteiger partial charge >= 0.3 is 5.97 Å². The van der Waals surface area contributed by atoms with E-state index in [0.29, 0.717) is 25.4 Å². The third-order valence-electron chi connectivity index (χ3n) is 4.71. The molecule has 4 nitrogen and oxygen atoms in total. The molecule has 1 aromatic heterocycles. The second-order valence-corrected chi connectivity index (χ2v) is 7.70. The van der Waals surface area contributed by atoms with Crippen LogP contribution in [0.4, 0.5) is 0 Å². The Bertz CT molecular complexity index is 933. The van der Waals surface area contributed by atoms with Crippen molar-refractivity contribution in [2.45, 2.75) is 39.4 Å². The van der Waals surface area contributed by atoms with E-state index in [-0.39, 0.29) is 0 Å². The Morgan fingerprint density at radius 2 is 1.81 bits per heavy atom. The van der Waals surface area contributed by atoms with Crippen molar-refractivity contribution in [3.05, 3.63) is 70.9 Å². The molecule has 0 amide bonds. The van der Waals surface area contributed by atoms with Gasteiger partial charge in [-0.05, 0) is 35.6 Å². The van der Waals surface area contributed by atoms with Crippen LogP contribution in [0.15, 0.2) is 54.7 Å². The average molecular weight is 385 g/mol. The van der Waals surface area contributed by atoms with Crippen molar-refractivity contribution in [1.29, 1.82) is 0 Å². The number of nitrogens with one attached hydrogen (secondary N) is 1. The number of para-hydroxylation sites is 1. The Morgan fingerprint density at radius 1 is 1.11 bits per heavy atom. The number of carbonyl (C=O) groups is 1. The topological polar surface area (TPSA) is 54.3 Å². The van der Waals surface area contributed by atoms with E-state index in [1.54, 1.807) is 0 Å². The van der Waals surface area contributed by atoms with Gasteiger partial charge in [-0.15, -0.1) is 0 Å². The maximum Gasteiger partial charge on any atom is 0.320 e. The number of hydrogen-bond donors (Lipinski definition) is 2. The second kappa shape index (κ2) is 8.59. The molecule has 2 N–H and O–H groups in total. The Hall–Kier alpha value is -2.30. The van der Waals surface area contributed by atoms with Crippen molar-refractivity contribution in [1.82, 2.24) is 9.88 Å². The Morgan fingerprint density at radius 3 is 2.52 bits per heavy atom. The molecule has 0 saturated heterocycles. The van der Waals surface area contributed by atoms with Gasteiger partial charge < -0.3 is 15.0 Å². The number of rotatable bonds is 8. The highest BCUT2D eigenvalue weighted by molar-refractivity contribution is 6.31. The molecule has 0 spiro atoms. The molecule has 1 atom stereocenters. The van der Waals surface area contributed by atoms with Gasteiger partial charge in [0.05, 0.1) is 0 Å². The van der Waals surface area contributed by atoms with E-state index in [1.807, 2.05) is 50.2 Å². The summed E-state index contributed by atoms with van der Waals surface area (Å²) in [6.45, 7) is 5.26. The minimum absolute atomic E-state index is 0.320. The summed E-state index contributed by atoms with van der Waals surface area (Å²) in [4.78, 5) is 11.5. The molecular weight excluding hydrogens is 360 g/mol. The summed E-state index contributed by atoms with van der Waals surface area (Å²) >= 11 is 6.33. The third kappa shape index (κ3) is 4.71. The first-order chi connectivity index (χ1) is 13.0. The monoisotopic (exact) mass is 384 g/mol. The van der Waals surface area contributed by atoms with Crippen LogP contribution < -0.4 is 5.32 Å². The van der Waals surface area contributed by atoms with Crippen LogP contribution >= 0.6 is 11.6 Å². The van der Waals surface area contributed by atoms with Crippen molar-refractivity contribution in [2.75, 3.05) is 0 Å². The summed E-state index contributed by atoms with van der Waals surface area (Å²) in [5.41, 5.74) is 3.26. The standard InChI is InChI=1S/C22H25ClN2O2/c1-15(2)11-20(22(26)27)24-12-17-14-25(21-10-6-4-8-18(17)21)13-16-7-3-5-9-19(16)23/h3-10,14-15,20,24H,11-13H2,1-2H3,(H,26,27). The number of carboxylic acid groups (broad SMARTS) is 1. The fourth-order valence-electron chi connectivity index (χ4n) is 3.38.